The summed E-state index contributed by atoms with van der Waals surface area (Å²) in [6.07, 6.45) is 0. The van der Waals surface area contributed by atoms with Crippen LogP contribution in [0, 0.1) is 0 Å². The Kier molecular flexibility index (Phi) is 4.81. The van der Waals surface area contributed by atoms with E-state index in [1.807, 2.05) is 18.2 Å². The van der Waals surface area contributed by atoms with Gasteiger partial charge in [0.05, 0.1) is 6.61 Å². The number of hydrogen-bond donors (Lipinski definition) is 2. The maximum absolute atomic E-state index is 11.8. The first-order valence-corrected chi connectivity index (χ1v) is 7.17. The number of esters is 1. The topological polar surface area (TPSA) is 77.2 Å². The number of ether oxygens (including phenoxy) is 1. The summed E-state index contributed by atoms with van der Waals surface area (Å²) in [5, 5.41) is 4.40. The van der Waals surface area contributed by atoms with E-state index < -0.39 is 5.97 Å². The van der Waals surface area contributed by atoms with Gasteiger partial charge in [0.1, 0.15) is 10.6 Å². The lowest BCUT2D eigenvalue weighted by Gasteiger charge is -2.07. The van der Waals surface area contributed by atoms with E-state index >= 15 is 0 Å². The van der Waals surface area contributed by atoms with Crippen molar-refractivity contribution in [2.45, 2.75) is 13.5 Å². The molecular formula is C13H14ClN3O2S. The summed E-state index contributed by atoms with van der Waals surface area (Å²) in [4.78, 5) is 11.8. The Morgan fingerprint density at radius 1 is 1.55 bits per heavy atom. The minimum absolute atomic E-state index is 0.182. The third-order valence-corrected chi connectivity index (χ3v) is 3.59. The van der Waals surface area contributed by atoms with Crippen LogP contribution in [0.4, 0.5) is 10.8 Å². The van der Waals surface area contributed by atoms with E-state index in [1.165, 1.54) is 0 Å². The minimum atomic E-state index is -0.465. The van der Waals surface area contributed by atoms with Gasteiger partial charge in [-0.15, -0.1) is 0 Å². The number of hydrogen-bond acceptors (Lipinski definition) is 6. The summed E-state index contributed by atoms with van der Waals surface area (Å²) >= 11 is 7.06. The van der Waals surface area contributed by atoms with Gasteiger partial charge in [0, 0.05) is 11.6 Å². The molecule has 106 valence electrons. The van der Waals surface area contributed by atoms with Gasteiger partial charge in [-0.2, -0.15) is 4.37 Å². The second kappa shape index (κ2) is 6.58. The molecule has 1 aromatic carbocycles. The molecule has 7 heteroatoms. The zero-order valence-electron chi connectivity index (χ0n) is 10.9. The first-order valence-electron chi connectivity index (χ1n) is 6.02. The lowest BCUT2D eigenvalue weighted by molar-refractivity contribution is 0.0529. The highest BCUT2D eigenvalue weighted by atomic mass is 35.5. The monoisotopic (exact) mass is 311 g/mol. The molecule has 1 aromatic heterocycles. The minimum Gasteiger partial charge on any atom is -0.462 e. The first kappa shape index (κ1) is 14.6. The van der Waals surface area contributed by atoms with Gasteiger partial charge < -0.3 is 15.8 Å². The fourth-order valence-corrected chi connectivity index (χ4v) is 2.56. The van der Waals surface area contributed by atoms with E-state index in [1.54, 1.807) is 13.0 Å². The molecule has 20 heavy (non-hydrogen) atoms. The molecule has 0 atom stereocenters. The third-order valence-electron chi connectivity index (χ3n) is 2.54. The number of nitrogens with one attached hydrogen (secondary N) is 1. The molecule has 2 aromatic rings. The highest BCUT2D eigenvalue weighted by Crippen LogP contribution is 2.28. The number of nitrogens with two attached hydrogens (primary N) is 1. The molecule has 5 nitrogen and oxygen atoms in total. The molecule has 1 heterocycles. The van der Waals surface area contributed by atoms with Crippen molar-refractivity contribution in [3.8, 4) is 0 Å². The van der Waals surface area contributed by atoms with Crippen LogP contribution in [0.5, 0.6) is 0 Å². The van der Waals surface area contributed by atoms with E-state index in [2.05, 4.69) is 9.69 Å². The van der Waals surface area contributed by atoms with Crippen LogP contribution in [-0.2, 0) is 11.3 Å². The van der Waals surface area contributed by atoms with E-state index in [9.17, 15) is 4.79 Å². The number of nitrogen functional groups attached to an aromatic ring is 1. The summed E-state index contributed by atoms with van der Waals surface area (Å²) < 4.78 is 8.95. The number of nitrogens with zero attached hydrogens (tertiary/aromatic N) is 1. The molecule has 3 N–H and O–H groups in total. The molecule has 0 unspecified atom stereocenters. The number of aromatic nitrogens is 1. The Hall–Kier alpha value is -1.79. The highest BCUT2D eigenvalue weighted by Gasteiger charge is 2.20. The number of carbonyl (C=O) groups is 1. The van der Waals surface area contributed by atoms with Gasteiger partial charge in [0.15, 0.2) is 5.82 Å². The third kappa shape index (κ3) is 3.40. The number of halogens is 1. The Morgan fingerprint density at radius 2 is 2.35 bits per heavy atom. The quantitative estimate of drug-likeness (QED) is 0.829. The molecule has 0 bridgehead atoms. The summed E-state index contributed by atoms with van der Waals surface area (Å²) in [6, 6.07) is 7.46. The Labute approximate surface area is 125 Å². The largest absolute Gasteiger partial charge is 0.462 e. The predicted octanol–water partition coefficient (Wildman–Crippen LogP) is 3.17. The van der Waals surface area contributed by atoms with E-state index in [0.717, 1.165) is 17.1 Å². The van der Waals surface area contributed by atoms with E-state index in [-0.39, 0.29) is 5.82 Å². The van der Waals surface area contributed by atoms with Crippen molar-refractivity contribution in [3.63, 3.8) is 0 Å². The smallest absolute Gasteiger partial charge is 0.344 e. The van der Waals surface area contributed by atoms with Gasteiger partial charge in [0.2, 0.25) is 0 Å². The normalized spacial score (nSPS) is 10.3. The molecule has 0 aliphatic carbocycles. The highest BCUT2D eigenvalue weighted by molar-refractivity contribution is 7.11. The lowest BCUT2D eigenvalue weighted by atomic mass is 10.2. The average molecular weight is 312 g/mol. The fourth-order valence-electron chi connectivity index (χ4n) is 1.65. The van der Waals surface area contributed by atoms with Crippen LogP contribution < -0.4 is 11.1 Å². The molecule has 0 aliphatic rings. The van der Waals surface area contributed by atoms with Gasteiger partial charge in [-0.1, -0.05) is 23.7 Å². The molecule has 0 saturated carbocycles. The first-order chi connectivity index (χ1) is 9.61. The molecule has 0 amide bonds. The SMILES string of the molecule is CCOC(=O)c1c(N)nsc1NCc1cccc(Cl)c1. The second-order valence-electron chi connectivity index (χ2n) is 3.98. The van der Waals surface area contributed by atoms with Gasteiger partial charge in [-0.3, -0.25) is 0 Å². The van der Waals surface area contributed by atoms with E-state index in [0.29, 0.717) is 28.7 Å². The van der Waals surface area contributed by atoms with Gasteiger partial charge in [0.25, 0.3) is 0 Å². The molecule has 0 fully saturated rings. The zero-order chi connectivity index (χ0) is 14.5. The van der Waals surface area contributed by atoms with Gasteiger partial charge >= 0.3 is 5.97 Å². The molecular weight excluding hydrogens is 298 g/mol. The van der Waals surface area contributed by atoms with Crippen LogP contribution in [0.2, 0.25) is 5.02 Å². The lowest BCUT2D eigenvalue weighted by Crippen LogP contribution is -2.10. The van der Waals surface area contributed by atoms with Gasteiger partial charge in [-0.05, 0) is 36.2 Å². The standard InChI is InChI=1S/C13H14ClN3O2S/c1-2-19-13(18)10-11(15)17-20-12(10)16-7-8-4-3-5-9(14)6-8/h3-6,16H,2,7H2,1H3,(H2,15,17). The summed E-state index contributed by atoms with van der Waals surface area (Å²) in [7, 11) is 0. The summed E-state index contributed by atoms with van der Waals surface area (Å²) in [5.41, 5.74) is 6.99. The molecule has 0 saturated heterocycles. The van der Waals surface area contributed by atoms with Gasteiger partial charge in [-0.25, -0.2) is 4.79 Å². The van der Waals surface area contributed by atoms with Crippen molar-refractivity contribution in [3.05, 3.63) is 40.4 Å². The number of rotatable bonds is 5. The van der Waals surface area contributed by atoms with Crippen LogP contribution in [0.25, 0.3) is 0 Å². The van der Waals surface area contributed by atoms with Crippen LogP contribution >= 0.6 is 23.1 Å². The van der Waals surface area contributed by atoms with Crippen molar-refractivity contribution in [1.29, 1.82) is 0 Å². The van der Waals surface area contributed by atoms with Crippen LogP contribution in [0.3, 0.4) is 0 Å². The maximum Gasteiger partial charge on any atom is 0.344 e. The fraction of sp³-hybridized carbons (Fsp3) is 0.231. The molecule has 0 radical (unpaired) electrons. The Balaban J connectivity index is 2.12. The Morgan fingerprint density at radius 3 is 3.05 bits per heavy atom. The van der Waals surface area contributed by atoms with Crippen molar-refractivity contribution in [2.24, 2.45) is 0 Å². The zero-order valence-corrected chi connectivity index (χ0v) is 12.4. The van der Waals surface area contributed by atoms with Crippen molar-refractivity contribution in [1.82, 2.24) is 4.37 Å². The molecule has 0 aliphatic heterocycles. The number of benzene rings is 1. The van der Waals surface area contributed by atoms with Crippen molar-refractivity contribution in [2.75, 3.05) is 17.7 Å². The average Bonchev–Trinajstić information content (AvgIpc) is 2.78. The molecule has 2 rings (SSSR count). The predicted molar refractivity (Wildman–Crippen MR) is 81.3 cm³/mol. The Bertz CT molecular complexity index is 615. The van der Waals surface area contributed by atoms with Crippen LogP contribution in [0.1, 0.15) is 22.8 Å². The van der Waals surface area contributed by atoms with Crippen molar-refractivity contribution < 1.29 is 9.53 Å². The van der Waals surface area contributed by atoms with Crippen LogP contribution in [0.15, 0.2) is 24.3 Å². The summed E-state index contributed by atoms with van der Waals surface area (Å²) in [5.74, 6) is -0.283. The van der Waals surface area contributed by atoms with Crippen molar-refractivity contribution >= 4 is 39.9 Å². The number of carbonyl (C=O) groups excluding carboxylic acids is 1. The second-order valence-corrected chi connectivity index (χ2v) is 5.19. The molecule has 0 spiro atoms. The van der Waals surface area contributed by atoms with Crippen LogP contribution in [-0.4, -0.2) is 16.9 Å². The summed E-state index contributed by atoms with van der Waals surface area (Å²) in [6.45, 7) is 2.56. The van der Waals surface area contributed by atoms with E-state index in [4.69, 9.17) is 22.1 Å². The number of anilines is 2. The maximum atomic E-state index is 11.8.